The minimum absolute atomic E-state index is 0.0650. The van der Waals surface area contributed by atoms with Crippen molar-refractivity contribution in [3.8, 4) is 0 Å². The van der Waals surface area contributed by atoms with Crippen molar-refractivity contribution in [2.75, 3.05) is 13.7 Å². The molecule has 0 aliphatic heterocycles. The highest BCUT2D eigenvalue weighted by atomic mass is 16.5. The van der Waals surface area contributed by atoms with Gasteiger partial charge in [-0.3, -0.25) is 5.41 Å². The summed E-state index contributed by atoms with van der Waals surface area (Å²) in [7, 11) is 1.68. The largest absolute Gasteiger partial charge is 0.385 e. The van der Waals surface area contributed by atoms with Gasteiger partial charge in [-0.15, -0.1) is 0 Å². The summed E-state index contributed by atoms with van der Waals surface area (Å²) < 4.78 is 10.5. The fraction of sp³-hybridized carbons (Fsp3) is 0.889. The second kappa shape index (κ2) is 5.19. The van der Waals surface area contributed by atoms with Crippen molar-refractivity contribution in [3.05, 3.63) is 0 Å². The lowest BCUT2D eigenvalue weighted by Gasteiger charge is -2.23. The van der Waals surface area contributed by atoms with Gasteiger partial charge < -0.3 is 15.2 Å². The number of nitrogens with one attached hydrogen (secondary N) is 1. The van der Waals surface area contributed by atoms with E-state index in [2.05, 4.69) is 0 Å². The maximum atomic E-state index is 7.10. The lowest BCUT2D eigenvalue weighted by molar-refractivity contribution is -0.0142. The zero-order chi connectivity index (χ0) is 10.5. The maximum Gasteiger partial charge on any atom is 0.120 e. The van der Waals surface area contributed by atoms with E-state index in [0.29, 0.717) is 6.61 Å². The SMILES string of the molecule is COC(C)(C)CCOC(C)C(=N)N. The van der Waals surface area contributed by atoms with Crippen LogP contribution in [0.4, 0.5) is 0 Å². The molecule has 0 aliphatic rings. The molecule has 0 aromatic heterocycles. The maximum absolute atomic E-state index is 7.10. The molecule has 0 saturated carbocycles. The summed E-state index contributed by atoms with van der Waals surface area (Å²) in [4.78, 5) is 0. The van der Waals surface area contributed by atoms with Crippen LogP contribution in [0.1, 0.15) is 27.2 Å². The van der Waals surface area contributed by atoms with Crippen molar-refractivity contribution in [2.24, 2.45) is 5.73 Å². The van der Waals surface area contributed by atoms with Crippen LogP contribution in [0.3, 0.4) is 0 Å². The van der Waals surface area contributed by atoms with Crippen molar-refractivity contribution in [2.45, 2.75) is 38.9 Å². The zero-order valence-electron chi connectivity index (χ0n) is 8.89. The normalized spacial score (nSPS) is 14.2. The fourth-order valence-electron chi connectivity index (χ4n) is 0.673. The summed E-state index contributed by atoms with van der Waals surface area (Å²) in [6.45, 7) is 6.31. The number of methoxy groups -OCH3 is 1. The number of rotatable bonds is 6. The van der Waals surface area contributed by atoms with Crippen LogP contribution in [0.2, 0.25) is 0 Å². The molecule has 0 amide bonds. The summed E-state index contributed by atoms with van der Waals surface area (Å²) in [5, 5.41) is 7.10. The smallest absolute Gasteiger partial charge is 0.120 e. The Balaban J connectivity index is 3.62. The van der Waals surface area contributed by atoms with E-state index in [9.17, 15) is 0 Å². The van der Waals surface area contributed by atoms with Crippen molar-refractivity contribution < 1.29 is 9.47 Å². The molecule has 0 aromatic rings. The average molecular weight is 188 g/mol. The van der Waals surface area contributed by atoms with Gasteiger partial charge in [-0.2, -0.15) is 0 Å². The fourth-order valence-corrected chi connectivity index (χ4v) is 0.673. The molecule has 0 aliphatic carbocycles. The first-order valence-corrected chi connectivity index (χ1v) is 4.40. The van der Waals surface area contributed by atoms with Crippen LogP contribution in [-0.2, 0) is 9.47 Å². The van der Waals surface area contributed by atoms with Crippen LogP contribution in [0, 0.1) is 5.41 Å². The molecule has 0 aromatic carbocycles. The Morgan fingerprint density at radius 3 is 2.46 bits per heavy atom. The van der Waals surface area contributed by atoms with E-state index < -0.39 is 0 Å². The second-order valence-corrected chi connectivity index (χ2v) is 3.68. The van der Waals surface area contributed by atoms with Crippen LogP contribution >= 0.6 is 0 Å². The Bertz CT molecular complexity index is 169. The van der Waals surface area contributed by atoms with Crippen LogP contribution in [0.25, 0.3) is 0 Å². The van der Waals surface area contributed by atoms with E-state index in [4.69, 9.17) is 20.6 Å². The average Bonchev–Trinajstić information content (AvgIpc) is 2.04. The van der Waals surface area contributed by atoms with E-state index >= 15 is 0 Å². The molecule has 78 valence electrons. The highest BCUT2D eigenvalue weighted by Crippen LogP contribution is 2.12. The van der Waals surface area contributed by atoms with Gasteiger partial charge in [-0.1, -0.05) is 0 Å². The molecule has 4 nitrogen and oxygen atoms in total. The Morgan fingerprint density at radius 1 is 1.54 bits per heavy atom. The Morgan fingerprint density at radius 2 is 2.08 bits per heavy atom. The van der Waals surface area contributed by atoms with Crippen molar-refractivity contribution in [1.29, 1.82) is 5.41 Å². The lowest BCUT2D eigenvalue weighted by Crippen LogP contribution is -2.30. The van der Waals surface area contributed by atoms with Gasteiger partial charge in [0, 0.05) is 7.11 Å². The van der Waals surface area contributed by atoms with E-state index in [1.807, 2.05) is 13.8 Å². The van der Waals surface area contributed by atoms with Gasteiger partial charge in [-0.05, 0) is 27.2 Å². The van der Waals surface area contributed by atoms with E-state index in [1.165, 1.54) is 0 Å². The first-order chi connectivity index (χ1) is 5.89. The first kappa shape index (κ1) is 12.4. The third kappa shape index (κ3) is 5.60. The molecule has 0 rings (SSSR count). The van der Waals surface area contributed by atoms with Crippen molar-refractivity contribution in [3.63, 3.8) is 0 Å². The number of nitrogens with two attached hydrogens (primary N) is 1. The molecular weight excluding hydrogens is 168 g/mol. The van der Waals surface area contributed by atoms with Crippen LogP contribution < -0.4 is 5.73 Å². The number of amidine groups is 1. The van der Waals surface area contributed by atoms with Gasteiger partial charge in [0.15, 0.2) is 0 Å². The van der Waals surface area contributed by atoms with Crippen LogP contribution in [-0.4, -0.2) is 31.3 Å². The second-order valence-electron chi connectivity index (χ2n) is 3.68. The van der Waals surface area contributed by atoms with E-state index in [-0.39, 0.29) is 17.5 Å². The first-order valence-electron chi connectivity index (χ1n) is 4.40. The quantitative estimate of drug-likeness (QED) is 0.485. The summed E-state index contributed by atoms with van der Waals surface area (Å²) in [6, 6.07) is 0. The topological polar surface area (TPSA) is 68.3 Å². The highest BCUT2D eigenvalue weighted by Gasteiger charge is 2.16. The predicted molar refractivity (Wildman–Crippen MR) is 53.0 cm³/mol. The molecule has 4 heteroatoms. The van der Waals surface area contributed by atoms with E-state index in [1.54, 1.807) is 14.0 Å². The van der Waals surface area contributed by atoms with Crippen LogP contribution in [0.5, 0.6) is 0 Å². The van der Waals surface area contributed by atoms with Crippen molar-refractivity contribution >= 4 is 5.84 Å². The molecule has 1 unspecified atom stereocenters. The molecule has 3 N–H and O–H groups in total. The highest BCUT2D eigenvalue weighted by molar-refractivity contribution is 5.81. The molecule has 13 heavy (non-hydrogen) atoms. The number of hydrogen-bond donors (Lipinski definition) is 2. The third-order valence-corrected chi connectivity index (χ3v) is 2.06. The Hall–Kier alpha value is -0.610. The van der Waals surface area contributed by atoms with Crippen LogP contribution in [0.15, 0.2) is 0 Å². The summed E-state index contributed by atoms with van der Waals surface area (Å²) >= 11 is 0. The molecule has 0 heterocycles. The Kier molecular flexibility index (Phi) is 4.95. The molecule has 0 radical (unpaired) electrons. The number of hydrogen-bond acceptors (Lipinski definition) is 3. The molecule has 1 atom stereocenters. The molecule has 0 bridgehead atoms. The van der Waals surface area contributed by atoms with E-state index in [0.717, 1.165) is 6.42 Å². The summed E-state index contributed by atoms with van der Waals surface area (Å²) in [5.74, 6) is 0.0650. The lowest BCUT2D eigenvalue weighted by atomic mass is 10.1. The zero-order valence-corrected chi connectivity index (χ0v) is 8.89. The monoisotopic (exact) mass is 188 g/mol. The Labute approximate surface area is 79.9 Å². The standard InChI is InChI=1S/C9H20N2O2/c1-7(8(10)11)13-6-5-9(2,3)12-4/h7H,5-6H2,1-4H3,(H3,10,11). The minimum Gasteiger partial charge on any atom is -0.385 e. The van der Waals surface area contributed by atoms with Crippen molar-refractivity contribution in [1.82, 2.24) is 0 Å². The molecule has 0 fully saturated rings. The van der Waals surface area contributed by atoms with Gasteiger partial charge in [-0.25, -0.2) is 0 Å². The molecular formula is C9H20N2O2. The number of ether oxygens (including phenoxy) is 2. The van der Waals surface area contributed by atoms with Gasteiger partial charge in [0.25, 0.3) is 0 Å². The van der Waals surface area contributed by atoms with Gasteiger partial charge in [0.2, 0.25) is 0 Å². The third-order valence-electron chi connectivity index (χ3n) is 2.06. The minimum atomic E-state index is -0.298. The summed E-state index contributed by atoms with van der Waals surface area (Å²) in [5.41, 5.74) is 5.08. The molecule has 0 saturated heterocycles. The van der Waals surface area contributed by atoms with Gasteiger partial charge >= 0.3 is 0 Å². The van der Waals surface area contributed by atoms with Gasteiger partial charge in [0.05, 0.1) is 12.2 Å². The predicted octanol–water partition coefficient (Wildman–Crippen LogP) is 1.14. The molecule has 0 spiro atoms. The van der Waals surface area contributed by atoms with Gasteiger partial charge in [0.1, 0.15) is 11.9 Å². The summed E-state index contributed by atoms with van der Waals surface area (Å²) in [6.07, 6.45) is 0.494.